The van der Waals surface area contributed by atoms with Gasteiger partial charge in [-0.15, -0.1) is 6.58 Å². The highest BCUT2D eigenvalue weighted by Gasteiger charge is 2.14. The first-order valence-corrected chi connectivity index (χ1v) is 7.65. The van der Waals surface area contributed by atoms with Crippen LogP contribution in [0, 0.1) is 0 Å². The van der Waals surface area contributed by atoms with Crippen molar-refractivity contribution in [2.75, 3.05) is 13.7 Å². The van der Waals surface area contributed by atoms with Gasteiger partial charge in [-0.05, 0) is 38.3 Å². The molecule has 0 aliphatic rings. The second-order valence-corrected chi connectivity index (χ2v) is 5.05. The van der Waals surface area contributed by atoms with Crippen molar-refractivity contribution in [1.82, 2.24) is 10.3 Å². The molecule has 0 aromatic carbocycles. The summed E-state index contributed by atoms with van der Waals surface area (Å²) in [6.45, 7) is 6.99. The minimum atomic E-state index is 0.358. The molecule has 1 N–H and O–H groups in total. The fourth-order valence-corrected chi connectivity index (χ4v) is 2.35. The van der Waals surface area contributed by atoms with E-state index in [0.29, 0.717) is 6.04 Å². The molecule has 0 radical (unpaired) electrons. The third-order valence-corrected chi connectivity index (χ3v) is 3.45. The topological polar surface area (TPSA) is 34.2 Å². The summed E-state index contributed by atoms with van der Waals surface area (Å²) in [5.41, 5.74) is 1.22. The molecule has 0 aliphatic carbocycles. The van der Waals surface area contributed by atoms with Crippen LogP contribution in [0.5, 0.6) is 5.75 Å². The summed E-state index contributed by atoms with van der Waals surface area (Å²) in [4.78, 5) is 4.14. The number of unbranched alkanes of at least 4 members (excludes halogenated alkanes) is 3. The van der Waals surface area contributed by atoms with Gasteiger partial charge in [-0.2, -0.15) is 0 Å². The van der Waals surface area contributed by atoms with Gasteiger partial charge in [0.05, 0.1) is 13.3 Å². The molecule has 0 aliphatic heterocycles. The summed E-state index contributed by atoms with van der Waals surface area (Å²) < 4.78 is 5.44. The third kappa shape index (κ3) is 5.74. The maximum Gasteiger partial charge on any atom is 0.141 e. The number of allylic oxidation sites excluding steroid dienone is 1. The first kappa shape index (κ1) is 16.7. The highest BCUT2D eigenvalue weighted by atomic mass is 16.5. The molecular weight excluding hydrogens is 248 g/mol. The average Bonchev–Trinajstić information content (AvgIpc) is 2.50. The van der Waals surface area contributed by atoms with Crippen LogP contribution >= 0.6 is 0 Å². The first-order valence-electron chi connectivity index (χ1n) is 7.65. The summed E-state index contributed by atoms with van der Waals surface area (Å²) in [7, 11) is 1.71. The van der Waals surface area contributed by atoms with Crippen molar-refractivity contribution in [2.45, 2.75) is 51.5 Å². The highest BCUT2D eigenvalue weighted by molar-refractivity contribution is 5.32. The van der Waals surface area contributed by atoms with Crippen LogP contribution in [0.2, 0.25) is 0 Å². The maximum atomic E-state index is 5.44. The smallest absolute Gasteiger partial charge is 0.141 e. The SMILES string of the molecule is C=CCCCCCC(NCCC)c1ccncc1OC. The number of hydrogen-bond acceptors (Lipinski definition) is 3. The molecule has 1 rings (SSSR count). The van der Waals surface area contributed by atoms with Crippen LogP contribution < -0.4 is 10.1 Å². The Bertz CT molecular complexity index is 379. The van der Waals surface area contributed by atoms with Crippen LogP contribution in [0.4, 0.5) is 0 Å². The number of hydrogen-bond donors (Lipinski definition) is 1. The van der Waals surface area contributed by atoms with E-state index < -0.39 is 0 Å². The molecule has 1 aromatic heterocycles. The molecule has 0 spiro atoms. The molecule has 0 amide bonds. The van der Waals surface area contributed by atoms with E-state index in [2.05, 4.69) is 29.9 Å². The van der Waals surface area contributed by atoms with Crippen LogP contribution in [0.25, 0.3) is 0 Å². The van der Waals surface area contributed by atoms with Gasteiger partial charge in [-0.25, -0.2) is 0 Å². The second-order valence-electron chi connectivity index (χ2n) is 5.05. The zero-order chi connectivity index (χ0) is 14.6. The van der Waals surface area contributed by atoms with Gasteiger partial charge < -0.3 is 10.1 Å². The van der Waals surface area contributed by atoms with Gasteiger partial charge in [0.15, 0.2) is 0 Å². The summed E-state index contributed by atoms with van der Waals surface area (Å²) in [6, 6.07) is 2.42. The molecule has 1 aromatic rings. The normalized spacial score (nSPS) is 12.1. The van der Waals surface area contributed by atoms with Gasteiger partial charge in [0.25, 0.3) is 0 Å². The Morgan fingerprint density at radius 2 is 2.25 bits per heavy atom. The van der Waals surface area contributed by atoms with Crippen molar-refractivity contribution < 1.29 is 4.74 Å². The monoisotopic (exact) mass is 276 g/mol. The van der Waals surface area contributed by atoms with Gasteiger partial charge in [0.1, 0.15) is 5.75 Å². The minimum Gasteiger partial charge on any atom is -0.495 e. The van der Waals surface area contributed by atoms with Gasteiger partial charge in [0.2, 0.25) is 0 Å². The Labute approximate surface area is 123 Å². The van der Waals surface area contributed by atoms with E-state index in [4.69, 9.17) is 4.74 Å². The quantitative estimate of drug-likeness (QED) is 0.484. The molecule has 3 heteroatoms. The molecule has 0 saturated heterocycles. The van der Waals surface area contributed by atoms with E-state index in [-0.39, 0.29) is 0 Å². The molecule has 1 unspecified atom stereocenters. The highest BCUT2D eigenvalue weighted by Crippen LogP contribution is 2.27. The lowest BCUT2D eigenvalue weighted by atomic mass is 10.00. The van der Waals surface area contributed by atoms with E-state index >= 15 is 0 Å². The van der Waals surface area contributed by atoms with Gasteiger partial charge in [-0.1, -0.05) is 25.8 Å². The van der Waals surface area contributed by atoms with E-state index in [1.807, 2.05) is 12.3 Å². The standard InChI is InChI=1S/C17H28N2O/c1-4-6-7-8-9-10-16(19-12-5-2)15-11-13-18-14-17(15)20-3/h4,11,13-14,16,19H,1,5-10,12H2,2-3H3. The minimum absolute atomic E-state index is 0.358. The number of aromatic nitrogens is 1. The Hall–Kier alpha value is -1.35. The Morgan fingerprint density at radius 1 is 1.40 bits per heavy atom. The van der Waals surface area contributed by atoms with Crippen LogP contribution in [-0.4, -0.2) is 18.6 Å². The largest absolute Gasteiger partial charge is 0.495 e. The molecule has 0 saturated carbocycles. The summed E-state index contributed by atoms with van der Waals surface area (Å²) in [6.07, 6.45) is 12.7. The number of methoxy groups -OCH3 is 1. The molecule has 20 heavy (non-hydrogen) atoms. The number of nitrogens with zero attached hydrogens (tertiary/aromatic N) is 1. The van der Waals surface area contributed by atoms with Gasteiger partial charge in [-0.3, -0.25) is 4.98 Å². The van der Waals surface area contributed by atoms with E-state index in [0.717, 1.165) is 31.6 Å². The molecular formula is C17H28N2O. The summed E-state index contributed by atoms with van der Waals surface area (Å²) in [5.74, 6) is 0.882. The number of rotatable bonds is 11. The second kappa shape index (κ2) is 10.4. The predicted octanol–water partition coefficient (Wildman–Crippen LogP) is 4.27. The number of nitrogens with one attached hydrogen (secondary N) is 1. The molecule has 3 nitrogen and oxygen atoms in total. The molecule has 112 valence electrons. The Kier molecular flexibility index (Phi) is 8.72. The molecule has 0 fully saturated rings. The molecule has 1 atom stereocenters. The van der Waals surface area contributed by atoms with Crippen LogP contribution in [0.1, 0.15) is 57.1 Å². The van der Waals surface area contributed by atoms with Crippen LogP contribution in [0.15, 0.2) is 31.1 Å². The first-order chi connectivity index (χ1) is 9.83. The van der Waals surface area contributed by atoms with Crippen LogP contribution in [-0.2, 0) is 0 Å². The van der Waals surface area contributed by atoms with Crippen molar-refractivity contribution >= 4 is 0 Å². The van der Waals surface area contributed by atoms with Crippen molar-refractivity contribution in [2.24, 2.45) is 0 Å². The average molecular weight is 276 g/mol. The zero-order valence-electron chi connectivity index (χ0n) is 12.9. The number of ether oxygens (including phenoxy) is 1. The third-order valence-electron chi connectivity index (χ3n) is 3.45. The van der Waals surface area contributed by atoms with Crippen LogP contribution in [0.3, 0.4) is 0 Å². The predicted molar refractivity (Wildman–Crippen MR) is 85.1 cm³/mol. The van der Waals surface area contributed by atoms with Crippen molar-refractivity contribution in [3.63, 3.8) is 0 Å². The number of pyridine rings is 1. The van der Waals surface area contributed by atoms with Crippen molar-refractivity contribution in [3.05, 3.63) is 36.7 Å². The van der Waals surface area contributed by atoms with Gasteiger partial charge >= 0.3 is 0 Å². The fraction of sp³-hybridized carbons (Fsp3) is 0.588. The van der Waals surface area contributed by atoms with E-state index in [1.165, 1.54) is 24.8 Å². The lowest BCUT2D eigenvalue weighted by Gasteiger charge is -2.21. The molecule has 0 bridgehead atoms. The summed E-state index contributed by atoms with van der Waals surface area (Å²) in [5, 5.41) is 3.62. The Morgan fingerprint density at radius 3 is 2.95 bits per heavy atom. The Balaban J connectivity index is 2.60. The van der Waals surface area contributed by atoms with Gasteiger partial charge in [0, 0.05) is 17.8 Å². The van der Waals surface area contributed by atoms with Crippen molar-refractivity contribution in [1.29, 1.82) is 0 Å². The lowest BCUT2D eigenvalue weighted by molar-refractivity contribution is 0.389. The van der Waals surface area contributed by atoms with Crippen molar-refractivity contribution in [3.8, 4) is 5.75 Å². The van der Waals surface area contributed by atoms with E-state index in [9.17, 15) is 0 Å². The lowest BCUT2D eigenvalue weighted by Crippen LogP contribution is -2.22. The summed E-state index contributed by atoms with van der Waals surface area (Å²) >= 11 is 0. The maximum absolute atomic E-state index is 5.44. The molecule has 1 heterocycles. The zero-order valence-corrected chi connectivity index (χ0v) is 12.9. The fourth-order valence-electron chi connectivity index (χ4n) is 2.35. The van der Waals surface area contributed by atoms with E-state index in [1.54, 1.807) is 13.3 Å².